The first-order chi connectivity index (χ1) is 16.9. The average molecular weight is 470 g/mol. The maximum Gasteiger partial charge on any atom is 0.269 e. The Balaban J connectivity index is 1.39. The summed E-state index contributed by atoms with van der Waals surface area (Å²) < 4.78 is 0. The van der Waals surface area contributed by atoms with E-state index in [1.807, 2.05) is 25.1 Å². The molecule has 0 spiro atoms. The number of benzene rings is 3. The van der Waals surface area contributed by atoms with E-state index in [1.54, 1.807) is 24.3 Å². The number of nitrogens with zero attached hydrogens (tertiary/aromatic N) is 3. The first kappa shape index (κ1) is 22.3. The highest BCUT2D eigenvalue weighted by Crippen LogP contribution is 2.50. The number of nitrogens with one attached hydrogen (secondary N) is 2. The fraction of sp³-hybridized carbons (Fsp3) is 0.192. The lowest BCUT2D eigenvalue weighted by molar-refractivity contribution is -0.385. The smallest absolute Gasteiger partial charge is 0.269 e. The zero-order valence-corrected chi connectivity index (χ0v) is 18.9. The van der Waals surface area contributed by atoms with Crippen molar-refractivity contribution >= 4 is 28.5 Å². The van der Waals surface area contributed by atoms with E-state index in [0.717, 1.165) is 28.9 Å². The molecule has 1 heterocycles. The van der Waals surface area contributed by atoms with Gasteiger partial charge in [0.25, 0.3) is 11.4 Å². The maximum atomic E-state index is 11.3. The molecule has 1 aliphatic carbocycles. The van der Waals surface area contributed by atoms with Crippen LogP contribution in [0, 0.1) is 26.1 Å². The van der Waals surface area contributed by atoms with Crippen LogP contribution in [0.25, 0.3) is 0 Å². The molecule has 9 heteroatoms. The Hall–Kier alpha value is -4.53. The van der Waals surface area contributed by atoms with Crippen molar-refractivity contribution in [1.82, 2.24) is 0 Å². The monoisotopic (exact) mass is 469 g/mol. The van der Waals surface area contributed by atoms with Gasteiger partial charge in [-0.15, -0.1) is 0 Å². The molecular formula is C26H23N5O4. The van der Waals surface area contributed by atoms with Gasteiger partial charge in [0.05, 0.1) is 27.3 Å². The summed E-state index contributed by atoms with van der Waals surface area (Å²) >= 11 is 0. The van der Waals surface area contributed by atoms with E-state index in [4.69, 9.17) is 0 Å². The van der Waals surface area contributed by atoms with Crippen LogP contribution in [0.5, 0.6) is 0 Å². The Labute approximate surface area is 201 Å². The van der Waals surface area contributed by atoms with Gasteiger partial charge in [-0.3, -0.25) is 25.7 Å². The molecule has 0 amide bonds. The third kappa shape index (κ3) is 4.35. The highest BCUT2D eigenvalue weighted by atomic mass is 16.6. The summed E-state index contributed by atoms with van der Waals surface area (Å²) in [5, 5.41) is 30.2. The summed E-state index contributed by atoms with van der Waals surface area (Å²) in [6.45, 7) is 1.91. The van der Waals surface area contributed by atoms with Gasteiger partial charge in [0.1, 0.15) is 0 Å². The van der Waals surface area contributed by atoms with Crippen molar-refractivity contribution in [2.45, 2.75) is 25.3 Å². The first-order valence-corrected chi connectivity index (χ1v) is 11.3. The minimum Gasteiger partial charge on any atom is -0.378 e. The number of nitro benzene ring substituents is 2. The van der Waals surface area contributed by atoms with Crippen molar-refractivity contribution in [3.63, 3.8) is 0 Å². The van der Waals surface area contributed by atoms with Gasteiger partial charge in [-0.25, -0.2) is 0 Å². The Morgan fingerprint density at radius 1 is 1.00 bits per heavy atom. The summed E-state index contributed by atoms with van der Waals surface area (Å²) in [6, 6.07) is 19.1. The van der Waals surface area contributed by atoms with Gasteiger partial charge in [-0.1, -0.05) is 30.4 Å². The lowest BCUT2D eigenvalue weighted by atomic mass is 9.76. The largest absolute Gasteiger partial charge is 0.378 e. The molecule has 2 aliphatic rings. The summed E-state index contributed by atoms with van der Waals surface area (Å²) in [7, 11) is 0. The van der Waals surface area contributed by atoms with Crippen LogP contribution in [0.15, 0.2) is 84.0 Å². The van der Waals surface area contributed by atoms with Crippen LogP contribution in [-0.4, -0.2) is 15.6 Å². The second-order valence-electron chi connectivity index (χ2n) is 8.74. The minimum atomic E-state index is -0.437. The molecule has 9 nitrogen and oxygen atoms in total. The van der Waals surface area contributed by atoms with E-state index in [9.17, 15) is 20.2 Å². The van der Waals surface area contributed by atoms with Crippen LogP contribution in [0.1, 0.15) is 42.0 Å². The molecule has 3 atom stereocenters. The van der Waals surface area contributed by atoms with Gasteiger partial charge in [0.2, 0.25) is 0 Å². The Morgan fingerprint density at radius 2 is 1.77 bits per heavy atom. The topological polar surface area (TPSA) is 123 Å². The van der Waals surface area contributed by atoms with Gasteiger partial charge in [-0.05, 0) is 60.2 Å². The zero-order chi connectivity index (χ0) is 24.5. The minimum absolute atomic E-state index is 0.0215. The zero-order valence-electron chi connectivity index (χ0n) is 18.9. The molecule has 0 aromatic heterocycles. The molecule has 0 saturated heterocycles. The van der Waals surface area contributed by atoms with Gasteiger partial charge in [0.15, 0.2) is 0 Å². The van der Waals surface area contributed by atoms with Crippen LogP contribution in [0.2, 0.25) is 0 Å². The Morgan fingerprint density at radius 3 is 2.51 bits per heavy atom. The van der Waals surface area contributed by atoms with Crippen LogP contribution in [0.4, 0.5) is 22.7 Å². The number of anilines is 2. The molecule has 3 aromatic rings. The third-order valence-corrected chi connectivity index (χ3v) is 6.65. The Bertz CT molecular complexity index is 1370. The molecular weight excluding hydrogens is 446 g/mol. The molecule has 5 rings (SSSR count). The van der Waals surface area contributed by atoms with Crippen LogP contribution >= 0.6 is 0 Å². The van der Waals surface area contributed by atoms with E-state index >= 15 is 0 Å². The maximum absolute atomic E-state index is 11.3. The molecule has 3 aromatic carbocycles. The highest BCUT2D eigenvalue weighted by Gasteiger charge is 2.38. The predicted octanol–water partition coefficient (Wildman–Crippen LogP) is 6.17. The van der Waals surface area contributed by atoms with E-state index in [0.29, 0.717) is 5.69 Å². The molecule has 176 valence electrons. The van der Waals surface area contributed by atoms with Crippen molar-refractivity contribution in [1.29, 1.82) is 0 Å². The SMILES string of the molecule is C/C(=N\Nc1ccc([N+](=O)[O-])cc1)c1ccc2c(c1)[C@@H]1C=CC[C@H]1[C@H](c1cccc([N+](=O)[O-])c1)N2. The Kier molecular flexibility index (Phi) is 5.74. The number of nitro groups is 2. The van der Waals surface area contributed by atoms with Crippen molar-refractivity contribution in [3.05, 3.63) is 116 Å². The molecule has 0 saturated carbocycles. The van der Waals surface area contributed by atoms with E-state index < -0.39 is 4.92 Å². The second-order valence-corrected chi connectivity index (χ2v) is 8.74. The molecule has 0 radical (unpaired) electrons. The number of fused-ring (bicyclic) bond motifs is 3. The molecule has 0 fully saturated rings. The number of hydrazone groups is 1. The summed E-state index contributed by atoms with van der Waals surface area (Å²) in [5.41, 5.74) is 8.59. The number of hydrogen-bond acceptors (Lipinski definition) is 7. The quantitative estimate of drug-likeness (QED) is 0.193. The van der Waals surface area contributed by atoms with Crippen LogP contribution in [-0.2, 0) is 0 Å². The molecule has 35 heavy (non-hydrogen) atoms. The fourth-order valence-corrected chi connectivity index (χ4v) is 4.85. The van der Waals surface area contributed by atoms with Crippen LogP contribution < -0.4 is 10.7 Å². The van der Waals surface area contributed by atoms with E-state index in [1.165, 1.54) is 23.8 Å². The molecule has 2 N–H and O–H groups in total. The van der Waals surface area contributed by atoms with Crippen molar-refractivity contribution in [2.24, 2.45) is 11.0 Å². The predicted molar refractivity (Wildman–Crippen MR) is 135 cm³/mol. The van der Waals surface area contributed by atoms with Crippen molar-refractivity contribution in [2.75, 3.05) is 10.7 Å². The number of allylic oxidation sites excluding steroid dienone is 2. The molecule has 0 bridgehead atoms. The first-order valence-electron chi connectivity index (χ1n) is 11.3. The summed E-state index contributed by atoms with van der Waals surface area (Å²) in [6.07, 6.45) is 5.30. The molecule has 1 aliphatic heterocycles. The number of non-ortho nitro benzene ring substituents is 2. The van der Waals surface area contributed by atoms with Crippen LogP contribution in [0.3, 0.4) is 0 Å². The fourth-order valence-electron chi connectivity index (χ4n) is 4.85. The van der Waals surface area contributed by atoms with Gasteiger partial charge in [0, 0.05) is 35.9 Å². The van der Waals surface area contributed by atoms with Crippen molar-refractivity contribution < 1.29 is 9.85 Å². The van der Waals surface area contributed by atoms with E-state index in [-0.39, 0.29) is 34.2 Å². The third-order valence-electron chi connectivity index (χ3n) is 6.65. The summed E-state index contributed by atoms with van der Waals surface area (Å²) in [5.74, 6) is 0.459. The molecule has 0 unspecified atom stereocenters. The van der Waals surface area contributed by atoms with E-state index in [2.05, 4.69) is 34.1 Å². The lowest BCUT2D eigenvalue weighted by Crippen LogP contribution is -2.29. The normalized spacial score (nSPS) is 20.5. The standard InChI is InChI=1S/C26H23N5O4/c1-16(28-29-19-9-11-20(12-10-19)30(32)33)17-8-13-25-24(15-17)22-6-3-7-23(22)26(27-25)18-4-2-5-21(14-18)31(34)35/h2-6,8-15,22-23,26-27,29H,7H2,1H3/b28-16+/t22-,23-,26+/m1/s1. The number of hydrogen-bond donors (Lipinski definition) is 2. The lowest BCUT2D eigenvalue weighted by Gasteiger charge is -2.37. The summed E-state index contributed by atoms with van der Waals surface area (Å²) in [4.78, 5) is 21.3. The van der Waals surface area contributed by atoms with Gasteiger partial charge < -0.3 is 5.32 Å². The second kappa shape index (κ2) is 9.02. The van der Waals surface area contributed by atoms with Crippen molar-refractivity contribution in [3.8, 4) is 0 Å². The van der Waals surface area contributed by atoms with Gasteiger partial charge >= 0.3 is 0 Å². The average Bonchev–Trinajstić information content (AvgIpc) is 3.37. The highest BCUT2D eigenvalue weighted by molar-refractivity contribution is 5.99. The number of rotatable bonds is 6. The van der Waals surface area contributed by atoms with Gasteiger partial charge in [-0.2, -0.15) is 5.10 Å².